The fourth-order valence-corrected chi connectivity index (χ4v) is 2.99. The predicted octanol–water partition coefficient (Wildman–Crippen LogP) is 2.32. The number of benzene rings is 1. The summed E-state index contributed by atoms with van der Waals surface area (Å²) < 4.78 is 17.2. The molecule has 134 valence electrons. The number of aliphatic imine (C=N–C) groups is 1. The monoisotopic (exact) mass is 399 g/mol. The molecule has 2 N–H and O–H groups in total. The molecule has 1 fully saturated rings. The van der Waals surface area contributed by atoms with Crippen LogP contribution in [-0.2, 0) is 16.0 Å². The van der Waals surface area contributed by atoms with Gasteiger partial charge in [-0.15, -0.1) is 0 Å². The Morgan fingerprint density at radius 2 is 2.29 bits per heavy atom. The molecule has 1 aromatic rings. The summed E-state index contributed by atoms with van der Waals surface area (Å²) in [6.07, 6.45) is 2.22. The zero-order valence-corrected chi connectivity index (χ0v) is 15.9. The van der Waals surface area contributed by atoms with Gasteiger partial charge >= 0.3 is 0 Å². The first-order valence-corrected chi connectivity index (χ1v) is 8.98. The Morgan fingerprint density at radius 3 is 2.96 bits per heavy atom. The van der Waals surface area contributed by atoms with Crippen molar-refractivity contribution in [2.24, 2.45) is 4.99 Å². The number of nitrogens with one attached hydrogen (secondary N) is 2. The lowest BCUT2D eigenvalue weighted by Crippen LogP contribution is -2.37. The summed E-state index contributed by atoms with van der Waals surface area (Å²) >= 11 is 3.50. The molecular formula is C17H26BrN3O3. The normalized spacial score (nSPS) is 17.8. The van der Waals surface area contributed by atoms with E-state index in [4.69, 9.17) is 14.2 Å². The highest BCUT2D eigenvalue weighted by Crippen LogP contribution is 2.25. The number of rotatable bonds is 8. The third-order valence-electron chi connectivity index (χ3n) is 3.75. The minimum atomic E-state index is 0.274. The van der Waals surface area contributed by atoms with E-state index in [-0.39, 0.29) is 6.10 Å². The molecule has 1 atom stereocenters. The summed E-state index contributed by atoms with van der Waals surface area (Å²) in [5.41, 5.74) is 1.15. The van der Waals surface area contributed by atoms with Crippen molar-refractivity contribution >= 4 is 21.9 Å². The molecular weight excluding hydrogens is 374 g/mol. The van der Waals surface area contributed by atoms with Gasteiger partial charge in [-0.1, -0.05) is 6.07 Å². The van der Waals surface area contributed by atoms with E-state index >= 15 is 0 Å². The van der Waals surface area contributed by atoms with Gasteiger partial charge in [0.15, 0.2) is 5.96 Å². The Balaban J connectivity index is 1.64. The number of halogens is 1. The van der Waals surface area contributed by atoms with Gasteiger partial charge in [-0.05, 0) is 46.5 Å². The summed E-state index contributed by atoms with van der Waals surface area (Å²) in [5.74, 6) is 1.61. The van der Waals surface area contributed by atoms with Crippen LogP contribution < -0.4 is 15.4 Å². The van der Waals surface area contributed by atoms with Crippen molar-refractivity contribution in [3.8, 4) is 5.75 Å². The molecule has 1 aliphatic rings. The summed E-state index contributed by atoms with van der Waals surface area (Å²) in [5, 5.41) is 6.59. The van der Waals surface area contributed by atoms with Crippen molar-refractivity contribution in [2.75, 3.05) is 40.5 Å². The molecule has 6 nitrogen and oxygen atoms in total. The lowest BCUT2D eigenvalue weighted by molar-refractivity contribution is 0.0420. The van der Waals surface area contributed by atoms with Gasteiger partial charge in [-0.2, -0.15) is 0 Å². The zero-order valence-electron chi connectivity index (χ0n) is 14.3. The number of ether oxygens (including phenoxy) is 3. The molecule has 7 heteroatoms. The topological polar surface area (TPSA) is 64.1 Å². The molecule has 0 aromatic heterocycles. The molecule has 1 aromatic carbocycles. The first-order chi connectivity index (χ1) is 11.7. The van der Waals surface area contributed by atoms with Crippen molar-refractivity contribution in [1.82, 2.24) is 10.6 Å². The van der Waals surface area contributed by atoms with Crippen LogP contribution in [-0.4, -0.2) is 52.6 Å². The Morgan fingerprint density at radius 1 is 1.42 bits per heavy atom. The van der Waals surface area contributed by atoms with Gasteiger partial charge in [0.2, 0.25) is 0 Å². The number of hydrogen-bond donors (Lipinski definition) is 2. The summed E-state index contributed by atoms with van der Waals surface area (Å²) in [6.45, 7) is 3.80. The first-order valence-electron chi connectivity index (χ1n) is 8.19. The minimum Gasteiger partial charge on any atom is -0.496 e. The van der Waals surface area contributed by atoms with Crippen LogP contribution in [0.3, 0.4) is 0 Å². The summed E-state index contributed by atoms with van der Waals surface area (Å²) in [6, 6.07) is 6.01. The highest BCUT2D eigenvalue weighted by Gasteiger charge is 2.15. The van der Waals surface area contributed by atoms with Crippen LogP contribution in [0.5, 0.6) is 5.75 Å². The maximum atomic E-state index is 5.74. The molecule has 0 bridgehead atoms. The maximum Gasteiger partial charge on any atom is 0.191 e. The largest absolute Gasteiger partial charge is 0.496 e. The third-order valence-corrected chi connectivity index (χ3v) is 4.37. The van der Waals surface area contributed by atoms with Crippen molar-refractivity contribution in [3.63, 3.8) is 0 Å². The van der Waals surface area contributed by atoms with Gasteiger partial charge in [0.05, 0.1) is 24.3 Å². The van der Waals surface area contributed by atoms with E-state index in [1.54, 1.807) is 14.2 Å². The van der Waals surface area contributed by atoms with Crippen LogP contribution >= 0.6 is 15.9 Å². The fourth-order valence-electron chi connectivity index (χ4n) is 2.40. The molecule has 2 rings (SSSR count). The molecule has 0 spiro atoms. The molecule has 1 unspecified atom stereocenters. The molecule has 24 heavy (non-hydrogen) atoms. The van der Waals surface area contributed by atoms with Crippen LogP contribution in [0.4, 0.5) is 0 Å². The van der Waals surface area contributed by atoms with Gasteiger partial charge in [-0.25, -0.2) is 0 Å². The van der Waals surface area contributed by atoms with Gasteiger partial charge in [0, 0.05) is 33.4 Å². The van der Waals surface area contributed by atoms with Gasteiger partial charge in [0.1, 0.15) is 5.75 Å². The van der Waals surface area contributed by atoms with Gasteiger partial charge in [-0.3, -0.25) is 4.99 Å². The van der Waals surface area contributed by atoms with Crippen LogP contribution in [0.15, 0.2) is 27.7 Å². The first kappa shape index (κ1) is 19.0. The van der Waals surface area contributed by atoms with Crippen LogP contribution in [0.1, 0.15) is 18.4 Å². The lowest BCUT2D eigenvalue weighted by Gasteiger charge is -2.13. The van der Waals surface area contributed by atoms with E-state index < -0.39 is 0 Å². The molecule has 1 aliphatic heterocycles. The highest BCUT2D eigenvalue weighted by atomic mass is 79.9. The van der Waals surface area contributed by atoms with E-state index in [1.165, 1.54) is 0 Å². The quantitative estimate of drug-likeness (QED) is 0.399. The van der Waals surface area contributed by atoms with E-state index in [1.807, 2.05) is 18.2 Å². The van der Waals surface area contributed by atoms with Crippen molar-refractivity contribution < 1.29 is 14.2 Å². The Bertz CT molecular complexity index is 534. The average molecular weight is 400 g/mol. The molecule has 1 heterocycles. The fraction of sp³-hybridized carbons (Fsp3) is 0.588. The molecule has 0 radical (unpaired) electrons. The van der Waals surface area contributed by atoms with Crippen LogP contribution in [0.25, 0.3) is 0 Å². The molecule has 0 aliphatic carbocycles. The molecule has 0 amide bonds. The average Bonchev–Trinajstić information content (AvgIpc) is 3.11. The van der Waals surface area contributed by atoms with Crippen molar-refractivity contribution in [3.05, 3.63) is 28.2 Å². The Kier molecular flexibility index (Phi) is 8.35. The lowest BCUT2D eigenvalue weighted by atomic mass is 10.2. The van der Waals surface area contributed by atoms with E-state index in [9.17, 15) is 0 Å². The number of methoxy groups -OCH3 is 1. The Hall–Kier alpha value is -1.31. The van der Waals surface area contributed by atoms with Crippen molar-refractivity contribution in [2.45, 2.75) is 25.5 Å². The van der Waals surface area contributed by atoms with E-state index in [2.05, 4.69) is 31.6 Å². The summed E-state index contributed by atoms with van der Waals surface area (Å²) in [4.78, 5) is 4.23. The molecule has 0 saturated carbocycles. The molecule has 1 saturated heterocycles. The van der Waals surface area contributed by atoms with E-state index in [0.717, 1.165) is 61.0 Å². The second-order valence-electron chi connectivity index (χ2n) is 5.53. The number of guanidine groups is 1. The predicted molar refractivity (Wildman–Crippen MR) is 98.7 cm³/mol. The van der Waals surface area contributed by atoms with Gasteiger partial charge < -0.3 is 24.8 Å². The maximum absolute atomic E-state index is 5.74. The SMILES string of the molecule is CN=C(NCCCOC1CCOC1)NCc1ccc(OC)c(Br)c1. The van der Waals surface area contributed by atoms with E-state index in [0.29, 0.717) is 6.54 Å². The second-order valence-corrected chi connectivity index (χ2v) is 6.39. The number of nitrogens with zero attached hydrogens (tertiary/aromatic N) is 1. The van der Waals surface area contributed by atoms with Crippen molar-refractivity contribution in [1.29, 1.82) is 0 Å². The van der Waals surface area contributed by atoms with Crippen LogP contribution in [0, 0.1) is 0 Å². The standard InChI is InChI=1S/C17H26BrN3O3/c1-19-17(20-7-3-8-24-14-6-9-23-12-14)21-11-13-4-5-16(22-2)15(18)10-13/h4-5,10,14H,3,6-9,11-12H2,1-2H3,(H2,19,20,21). The van der Waals surface area contributed by atoms with Gasteiger partial charge in [0.25, 0.3) is 0 Å². The minimum absolute atomic E-state index is 0.274. The van der Waals surface area contributed by atoms with Crippen LogP contribution in [0.2, 0.25) is 0 Å². The summed E-state index contributed by atoms with van der Waals surface area (Å²) in [7, 11) is 3.43. The highest BCUT2D eigenvalue weighted by molar-refractivity contribution is 9.10. The smallest absolute Gasteiger partial charge is 0.191 e. The zero-order chi connectivity index (χ0) is 17.2. The Labute approximate surface area is 152 Å². The third kappa shape index (κ3) is 6.30. The number of hydrogen-bond acceptors (Lipinski definition) is 4. The second kappa shape index (κ2) is 10.5.